The van der Waals surface area contributed by atoms with E-state index in [-0.39, 0.29) is 37.3 Å². The van der Waals surface area contributed by atoms with Crippen LogP contribution in [0.1, 0.15) is 29.8 Å². The van der Waals surface area contributed by atoms with Crippen LogP contribution in [0.5, 0.6) is 0 Å². The van der Waals surface area contributed by atoms with Crippen molar-refractivity contribution >= 4 is 11.8 Å². The summed E-state index contributed by atoms with van der Waals surface area (Å²) in [6, 6.07) is 10.9. The molecule has 4 N–H and O–H groups in total. The summed E-state index contributed by atoms with van der Waals surface area (Å²) in [6.45, 7) is 0.0885. The zero-order chi connectivity index (χ0) is 20.1. The minimum atomic E-state index is -0.801. The van der Waals surface area contributed by atoms with E-state index in [4.69, 9.17) is 5.11 Å². The van der Waals surface area contributed by atoms with Crippen molar-refractivity contribution in [3.8, 4) is 11.3 Å². The Hall–Kier alpha value is -2.71. The fraction of sp³-hybridized carbons (Fsp3) is 0.450. The average Bonchev–Trinajstić information content (AvgIpc) is 3.10. The van der Waals surface area contributed by atoms with E-state index >= 15 is 0 Å². The fourth-order valence-electron chi connectivity index (χ4n) is 3.55. The second kappa shape index (κ2) is 8.99. The molecule has 1 aromatic carbocycles. The molecule has 1 fully saturated rings. The normalized spacial score (nSPS) is 21.9. The maximum absolute atomic E-state index is 12.7. The molecule has 2 aromatic rings. The van der Waals surface area contributed by atoms with Crippen molar-refractivity contribution < 1.29 is 19.8 Å². The molecule has 2 amide bonds. The first kappa shape index (κ1) is 20.0. The van der Waals surface area contributed by atoms with Crippen molar-refractivity contribution in [3.05, 3.63) is 42.1 Å². The van der Waals surface area contributed by atoms with Gasteiger partial charge in [0, 0.05) is 25.1 Å². The van der Waals surface area contributed by atoms with E-state index in [2.05, 4.69) is 15.7 Å². The molecule has 150 valence electrons. The molecule has 0 aliphatic heterocycles. The minimum Gasteiger partial charge on any atom is -0.395 e. The number of carbonyl (C=O) groups is 2. The largest absolute Gasteiger partial charge is 0.395 e. The summed E-state index contributed by atoms with van der Waals surface area (Å²) >= 11 is 0. The molecule has 0 bridgehead atoms. The SMILES string of the molecule is Cn1nc(-c2ccccc2)cc1C(=O)N[C@@H]1CC[C@H](C(=O)NCCO)C[C@H]1O. The van der Waals surface area contributed by atoms with Crippen LogP contribution in [-0.2, 0) is 11.8 Å². The number of aliphatic hydroxyl groups excluding tert-OH is 2. The van der Waals surface area contributed by atoms with Gasteiger partial charge in [0.2, 0.25) is 5.91 Å². The van der Waals surface area contributed by atoms with Gasteiger partial charge in [-0.25, -0.2) is 0 Å². The van der Waals surface area contributed by atoms with Gasteiger partial charge in [0.05, 0.1) is 24.4 Å². The van der Waals surface area contributed by atoms with Gasteiger partial charge in [-0.05, 0) is 25.3 Å². The topological polar surface area (TPSA) is 116 Å². The Kier molecular flexibility index (Phi) is 6.43. The van der Waals surface area contributed by atoms with E-state index in [0.717, 1.165) is 5.56 Å². The van der Waals surface area contributed by atoms with E-state index < -0.39 is 12.1 Å². The molecule has 1 heterocycles. The second-order valence-electron chi connectivity index (χ2n) is 7.08. The third-order valence-corrected chi connectivity index (χ3v) is 5.10. The number of aryl methyl sites for hydroxylation is 1. The van der Waals surface area contributed by atoms with Crippen LogP contribution in [0, 0.1) is 5.92 Å². The molecular weight excluding hydrogens is 360 g/mol. The molecule has 3 rings (SSSR count). The molecule has 1 aromatic heterocycles. The number of benzene rings is 1. The first-order valence-corrected chi connectivity index (χ1v) is 9.46. The molecule has 0 radical (unpaired) electrons. The van der Waals surface area contributed by atoms with Crippen molar-refractivity contribution in [2.75, 3.05) is 13.2 Å². The summed E-state index contributed by atoms with van der Waals surface area (Å²) in [4.78, 5) is 24.7. The van der Waals surface area contributed by atoms with Crippen LogP contribution in [0.2, 0.25) is 0 Å². The number of carbonyl (C=O) groups excluding carboxylic acids is 2. The molecule has 1 aliphatic carbocycles. The summed E-state index contributed by atoms with van der Waals surface area (Å²) < 4.78 is 1.53. The van der Waals surface area contributed by atoms with Crippen LogP contribution in [0.25, 0.3) is 11.3 Å². The van der Waals surface area contributed by atoms with E-state index in [1.165, 1.54) is 4.68 Å². The monoisotopic (exact) mass is 386 g/mol. The second-order valence-corrected chi connectivity index (χ2v) is 7.08. The molecule has 1 aliphatic rings. The van der Waals surface area contributed by atoms with Gasteiger partial charge in [0.1, 0.15) is 5.69 Å². The third-order valence-electron chi connectivity index (χ3n) is 5.10. The first-order chi connectivity index (χ1) is 13.5. The molecule has 0 unspecified atom stereocenters. The molecule has 8 heteroatoms. The quantitative estimate of drug-likeness (QED) is 0.575. The van der Waals surface area contributed by atoms with Crippen LogP contribution in [-0.4, -0.2) is 57.1 Å². The van der Waals surface area contributed by atoms with Gasteiger partial charge in [-0.2, -0.15) is 5.10 Å². The smallest absolute Gasteiger partial charge is 0.269 e. The van der Waals surface area contributed by atoms with Gasteiger partial charge in [0.15, 0.2) is 0 Å². The van der Waals surface area contributed by atoms with Gasteiger partial charge in [-0.3, -0.25) is 14.3 Å². The number of nitrogens with zero attached hydrogens (tertiary/aromatic N) is 2. The standard InChI is InChI=1S/C20H26N4O4/c1-24-17(12-16(23-24)13-5-3-2-4-6-13)20(28)22-15-8-7-14(11-18(15)26)19(27)21-9-10-25/h2-6,12,14-15,18,25-26H,7-11H2,1H3,(H,21,27)(H,22,28)/t14-,15+,18+/m0/s1. The van der Waals surface area contributed by atoms with Gasteiger partial charge in [-0.1, -0.05) is 30.3 Å². The lowest BCUT2D eigenvalue weighted by Crippen LogP contribution is -2.49. The number of hydrogen-bond acceptors (Lipinski definition) is 5. The van der Waals surface area contributed by atoms with E-state index in [1.807, 2.05) is 30.3 Å². The minimum absolute atomic E-state index is 0.116. The van der Waals surface area contributed by atoms with Crippen molar-refractivity contribution in [3.63, 3.8) is 0 Å². The molecular formula is C20H26N4O4. The molecule has 28 heavy (non-hydrogen) atoms. The van der Waals surface area contributed by atoms with Crippen LogP contribution < -0.4 is 10.6 Å². The lowest BCUT2D eigenvalue weighted by Gasteiger charge is -2.32. The highest BCUT2D eigenvalue weighted by atomic mass is 16.3. The number of nitrogens with one attached hydrogen (secondary N) is 2. The number of amides is 2. The van der Waals surface area contributed by atoms with Crippen LogP contribution in [0.15, 0.2) is 36.4 Å². The van der Waals surface area contributed by atoms with Crippen molar-refractivity contribution in [2.24, 2.45) is 13.0 Å². The fourth-order valence-corrected chi connectivity index (χ4v) is 3.55. The Balaban J connectivity index is 1.61. The van der Waals surface area contributed by atoms with Crippen LogP contribution >= 0.6 is 0 Å². The Labute approximate surface area is 163 Å². The number of rotatable bonds is 6. The number of aromatic nitrogens is 2. The summed E-state index contributed by atoms with van der Waals surface area (Å²) in [5.74, 6) is -0.780. The Bertz CT molecular complexity index is 821. The van der Waals surface area contributed by atoms with E-state index in [0.29, 0.717) is 24.2 Å². The van der Waals surface area contributed by atoms with Crippen molar-refractivity contribution in [1.29, 1.82) is 0 Å². The zero-order valence-electron chi connectivity index (χ0n) is 15.8. The van der Waals surface area contributed by atoms with E-state index in [1.54, 1.807) is 13.1 Å². The molecule has 8 nitrogen and oxygen atoms in total. The zero-order valence-corrected chi connectivity index (χ0v) is 15.8. The van der Waals surface area contributed by atoms with Gasteiger partial charge in [-0.15, -0.1) is 0 Å². The maximum Gasteiger partial charge on any atom is 0.269 e. The predicted molar refractivity (Wildman–Crippen MR) is 103 cm³/mol. The highest BCUT2D eigenvalue weighted by molar-refractivity contribution is 5.94. The molecule has 1 saturated carbocycles. The lowest BCUT2D eigenvalue weighted by atomic mass is 9.83. The van der Waals surface area contributed by atoms with Crippen LogP contribution in [0.3, 0.4) is 0 Å². The van der Waals surface area contributed by atoms with Gasteiger partial charge < -0.3 is 20.8 Å². The van der Waals surface area contributed by atoms with Crippen LogP contribution in [0.4, 0.5) is 0 Å². The Morgan fingerprint density at radius 1 is 1.25 bits per heavy atom. The lowest BCUT2D eigenvalue weighted by molar-refractivity contribution is -0.127. The molecule has 0 spiro atoms. The highest BCUT2D eigenvalue weighted by Crippen LogP contribution is 2.25. The Morgan fingerprint density at radius 2 is 2.00 bits per heavy atom. The predicted octanol–water partition coefficient (Wildman–Crippen LogP) is 0.455. The van der Waals surface area contributed by atoms with Crippen molar-refractivity contribution in [1.82, 2.24) is 20.4 Å². The number of hydrogen-bond donors (Lipinski definition) is 4. The Morgan fingerprint density at radius 3 is 2.68 bits per heavy atom. The van der Waals surface area contributed by atoms with Gasteiger partial charge in [0.25, 0.3) is 5.91 Å². The van der Waals surface area contributed by atoms with Crippen molar-refractivity contribution in [2.45, 2.75) is 31.4 Å². The highest BCUT2D eigenvalue weighted by Gasteiger charge is 2.34. The maximum atomic E-state index is 12.7. The molecule has 3 atom stereocenters. The first-order valence-electron chi connectivity index (χ1n) is 9.46. The third kappa shape index (κ3) is 4.58. The van der Waals surface area contributed by atoms with Gasteiger partial charge >= 0.3 is 0 Å². The summed E-state index contributed by atoms with van der Waals surface area (Å²) in [5, 5.41) is 29.1. The summed E-state index contributed by atoms with van der Waals surface area (Å²) in [5.41, 5.74) is 2.04. The van der Waals surface area contributed by atoms with E-state index in [9.17, 15) is 14.7 Å². The molecule has 0 saturated heterocycles. The number of aliphatic hydroxyl groups is 2. The average molecular weight is 386 g/mol. The summed E-state index contributed by atoms with van der Waals surface area (Å²) in [7, 11) is 1.71. The summed E-state index contributed by atoms with van der Waals surface area (Å²) in [6.07, 6.45) is 0.556.